The molecule has 1 heterocycles. The molecule has 1 aromatic rings. The maximum atomic E-state index is 11.9. The summed E-state index contributed by atoms with van der Waals surface area (Å²) in [6, 6.07) is 9.34. The molecule has 102 valence electrons. The van der Waals surface area contributed by atoms with Gasteiger partial charge in [-0.3, -0.25) is 0 Å². The number of hydrogen-bond acceptors (Lipinski definition) is 2. The molecule has 0 aromatic heterocycles. The van der Waals surface area contributed by atoms with Crippen molar-refractivity contribution < 1.29 is 8.42 Å². The molecule has 4 nitrogen and oxygen atoms in total. The molecule has 19 heavy (non-hydrogen) atoms. The fraction of sp³-hybridized carbons (Fsp3) is 0.357. The minimum absolute atomic E-state index is 0.467. The molecule has 0 spiro atoms. The van der Waals surface area contributed by atoms with Crippen LogP contribution in [0, 0.1) is 5.41 Å². The number of rotatable bonds is 3. The Balaban J connectivity index is 2.65. The molecule has 1 atom stereocenters. The smallest absolute Gasteiger partial charge is 0.187 e. The highest BCUT2D eigenvalue weighted by Crippen LogP contribution is 2.39. The second kappa shape index (κ2) is 4.28. The fourth-order valence-electron chi connectivity index (χ4n) is 2.12. The van der Waals surface area contributed by atoms with Crippen LogP contribution in [0.5, 0.6) is 0 Å². The average molecular weight is 278 g/mol. The molecular formula is C14H18N2O2S. The van der Waals surface area contributed by atoms with E-state index >= 15 is 0 Å². The van der Waals surface area contributed by atoms with Gasteiger partial charge in [0.25, 0.3) is 0 Å². The largest absolute Gasteiger partial charge is 0.321 e. The van der Waals surface area contributed by atoms with E-state index in [0.717, 1.165) is 5.56 Å². The van der Waals surface area contributed by atoms with Crippen LogP contribution < -0.4 is 4.72 Å². The summed E-state index contributed by atoms with van der Waals surface area (Å²) in [7, 11) is -3.65. The number of nitrogens with one attached hydrogen (secondary N) is 1. The molecule has 0 radical (unpaired) electrons. The number of nitrogens with zero attached hydrogens (tertiary/aromatic N) is 1. The van der Waals surface area contributed by atoms with Gasteiger partial charge in [0.15, 0.2) is 0 Å². The van der Waals surface area contributed by atoms with Gasteiger partial charge in [-0.05, 0) is 12.5 Å². The van der Waals surface area contributed by atoms with E-state index in [9.17, 15) is 8.42 Å². The Morgan fingerprint density at radius 3 is 2.42 bits per heavy atom. The Labute approximate surface area is 114 Å². The van der Waals surface area contributed by atoms with Crippen LogP contribution in [0.1, 0.15) is 26.3 Å². The monoisotopic (exact) mass is 278 g/mol. The van der Waals surface area contributed by atoms with Crippen LogP contribution in [-0.4, -0.2) is 19.7 Å². The van der Waals surface area contributed by atoms with Crippen molar-refractivity contribution in [2.45, 2.75) is 26.3 Å². The van der Waals surface area contributed by atoms with Gasteiger partial charge in [-0.25, -0.2) is 0 Å². The first kappa shape index (κ1) is 14.0. The maximum Gasteiger partial charge on any atom is 0.321 e. The summed E-state index contributed by atoms with van der Waals surface area (Å²) in [5.41, 5.74) is 0.0479. The van der Waals surface area contributed by atoms with E-state index in [0.29, 0.717) is 5.71 Å². The minimum Gasteiger partial charge on any atom is -0.187 e. The number of benzene rings is 1. The van der Waals surface area contributed by atoms with Gasteiger partial charge < -0.3 is 0 Å². The van der Waals surface area contributed by atoms with Crippen molar-refractivity contribution in [1.29, 1.82) is 0 Å². The van der Waals surface area contributed by atoms with E-state index in [2.05, 4.69) is 15.7 Å². The summed E-state index contributed by atoms with van der Waals surface area (Å²) >= 11 is 0. The highest BCUT2D eigenvalue weighted by molar-refractivity contribution is 7.88. The third-order valence-electron chi connectivity index (χ3n) is 3.86. The highest BCUT2D eigenvalue weighted by Gasteiger charge is 2.50. The van der Waals surface area contributed by atoms with Crippen LogP contribution >= 0.6 is 0 Å². The van der Waals surface area contributed by atoms with Gasteiger partial charge in [0, 0.05) is 5.41 Å². The second-order valence-corrected chi connectivity index (χ2v) is 6.77. The van der Waals surface area contributed by atoms with Crippen LogP contribution in [0.4, 0.5) is 0 Å². The first-order chi connectivity index (χ1) is 8.72. The summed E-state index contributed by atoms with van der Waals surface area (Å²) in [5, 5.41) is 0. The molecule has 0 amide bonds. The zero-order chi connectivity index (χ0) is 14.3. The predicted molar refractivity (Wildman–Crippen MR) is 77.4 cm³/mol. The molecule has 0 saturated heterocycles. The normalized spacial score (nSPS) is 25.9. The lowest BCUT2D eigenvalue weighted by atomic mass is 9.70. The molecule has 0 saturated carbocycles. The first-order valence-electron chi connectivity index (χ1n) is 6.05. The predicted octanol–water partition coefficient (Wildman–Crippen LogP) is 2.29. The van der Waals surface area contributed by atoms with E-state index in [4.69, 9.17) is 0 Å². The topological polar surface area (TPSA) is 58.5 Å². The van der Waals surface area contributed by atoms with Gasteiger partial charge in [0.05, 0.1) is 11.3 Å². The van der Waals surface area contributed by atoms with Crippen molar-refractivity contribution in [3.8, 4) is 0 Å². The van der Waals surface area contributed by atoms with E-state index in [1.54, 1.807) is 6.08 Å². The lowest BCUT2D eigenvalue weighted by molar-refractivity contribution is 0.311. The van der Waals surface area contributed by atoms with Crippen molar-refractivity contribution >= 4 is 15.9 Å². The Bertz CT molecular complexity index is 633. The van der Waals surface area contributed by atoms with Gasteiger partial charge in [-0.1, -0.05) is 50.3 Å². The fourth-order valence-corrected chi connectivity index (χ4v) is 3.57. The summed E-state index contributed by atoms with van der Waals surface area (Å²) in [4.78, 5) is 0. The molecular weight excluding hydrogens is 260 g/mol. The van der Waals surface area contributed by atoms with E-state index in [-0.39, 0.29) is 0 Å². The SMILES string of the molecule is C=CC(C)(C)[C@@]1(C)NS(=O)(=O)N=C1c1ccccc1. The highest BCUT2D eigenvalue weighted by atomic mass is 32.2. The van der Waals surface area contributed by atoms with Crippen molar-refractivity contribution in [2.24, 2.45) is 9.81 Å². The van der Waals surface area contributed by atoms with Crippen LogP contribution in [0.15, 0.2) is 47.4 Å². The van der Waals surface area contributed by atoms with Gasteiger partial charge >= 0.3 is 10.2 Å². The summed E-state index contributed by atoms with van der Waals surface area (Å²) < 4.78 is 30.3. The lowest BCUT2D eigenvalue weighted by Gasteiger charge is -2.39. The molecule has 2 rings (SSSR count). The van der Waals surface area contributed by atoms with Gasteiger partial charge in [0.1, 0.15) is 0 Å². The van der Waals surface area contributed by atoms with E-state index in [1.807, 2.05) is 51.1 Å². The third-order valence-corrected chi connectivity index (χ3v) is 4.95. The minimum atomic E-state index is -3.65. The molecule has 1 aliphatic rings. The zero-order valence-electron chi connectivity index (χ0n) is 11.3. The zero-order valence-corrected chi connectivity index (χ0v) is 12.2. The second-order valence-electron chi connectivity index (χ2n) is 5.43. The van der Waals surface area contributed by atoms with Crippen molar-refractivity contribution in [1.82, 2.24) is 4.72 Å². The quantitative estimate of drug-likeness (QED) is 0.862. The van der Waals surface area contributed by atoms with Crippen molar-refractivity contribution in [3.63, 3.8) is 0 Å². The molecule has 1 aromatic carbocycles. The van der Waals surface area contributed by atoms with Gasteiger partial charge in [-0.2, -0.15) is 17.5 Å². The summed E-state index contributed by atoms with van der Waals surface area (Å²) in [6.45, 7) is 9.52. The standard InChI is InChI=1S/C14H18N2O2S/c1-5-13(2,3)14(4)12(15-19(17,18)16-14)11-9-7-6-8-10-11/h5-10,16H,1H2,2-4H3/t14-/m0/s1. The number of hydrogen-bond donors (Lipinski definition) is 1. The maximum absolute atomic E-state index is 11.9. The first-order valence-corrected chi connectivity index (χ1v) is 7.49. The molecule has 0 bridgehead atoms. The van der Waals surface area contributed by atoms with Crippen LogP contribution in [0.2, 0.25) is 0 Å². The molecule has 1 aliphatic heterocycles. The van der Waals surface area contributed by atoms with Gasteiger partial charge in [-0.15, -0.1) is 6.58 Å². The molecule has 1 N–H and O–H groups in total. The molecule has 5 heteroatoms. The molecule has 0 fully saturated rings. The Hall–Kier alpha value is -1.46. The van der Waals surface area contributed by atoms with Crippen molar-refractivity contribution in [3.05, 3.63) is 48.6 Å². The van der Waals surface area contributed by atoms with E-state index in [1.165, 1.54) is 0 Å². The van der Waals surface area contributed by atoms with Crippen LogP contribution in [-0.2, 0) is 10.2 Å². The van der Waals surface area contributed by atoms with Gasteiger partial charge in [0.2, 0.25) is 0 Å². The third kappa shape index (κ3) is 2.24. The van der Waals surface area contributed by atoms with Crippen LogP contribution in [0.25, 0.3) is 0 Å². The molecule has 0 unspecified atom stereocenters. The van der Waals surface area contributed by atoms with Crippen LogP contribution in [0.3, 0.4) is 0 Å². The summed E-state index contributed by atoms with van der Waals surface area (Å²) in [5.74, 6) is 0. The average Bonchev–Trinajstić information content (AvgIpc) is 2.62. The van der Waals surface area contributed by atoms with Crippen molar-refractivity contribution in [2.75, 3.05) is 0 Å². The Morgan fingerprint density at radius 2 is 1.89 bits per heavy atom. The molecule has 0 aliphatic carbocycles. The lowest BCUT2D eigenvalue weighted by Crippen LogP contribution is -2.56. The Morgan fingerprint density at radius 1 is 1.32 bits per heavy atom. The van der Waals surface area contributed by atoms with E-state index < -0.39 is 21.2 Å². The Kier molecular flexibility index (Phi) is 3.15. The summed E-state index contributed by atoms with van der Waals surface area (Å²) in [6.07, 6.45) is 1.75.